The van der Waals surface area contributed by atoms with Gasteiger partial charge in [-0.2, -0.15) is 8.42 Å². The lowest BCUT2D eigenvalue weighted by molar-refractivity contribution is -0.174. The monoisotopic (exact) mass is 485 g/mol. The Balaban J connectivity index is 1.44. The normalized spacial score (nSPS) is 46.1. The second-order valence-electron chi connectivity index (χ2n) is 12.2. The Morgan fingerprint density at radius 1 is 1.06 bits per heavy atom. The number of carbonyl (C=O) groups excluding carboxylic acids is 1. The van der Waals surface area contributed by atoms with Crippen LogP contribution in [0.4, 0.5) is 0 Å². The van der Waals surface area contributed by atoms with E-state index in [1.807, 2.05) is 0 Å². The molecule has 0 aliphatic heterocycles. The van der Waals surface area contributed by atoms with Crippen LogP contribution in [0.1, 0.15) is 85.0 Å². The minimum atomic E-state index is -4.21. The highest BCUT2D eigenvalue weighted by Gasteiger charge is 2.63. The van der Waals surface area contributed by atoms with Crippen molar-refractivity contribution in [2.24, 2.45) is 46.3 Å². The zero-order valence-electron chi connectivity index (χ0n) is 20.4. The van der Waals surface area contributed by atoms with Crippen molar-refractivity contribution in [2.45, 2.75) is 97.2 Å². The molecule has 0 bridgehead atoms. The van der Waals surface area contributed by atoms with E-state index in [1.54, 1.807) is 0 Å². The maximum absolute atomic E-state index is 12.1. The average Bonchev–Trinajstić information content (AvgIpc) is 3.10. The average molecular weight is 486 g/mol. The summed E-state index contributed by atoms with van der Waals surface area (Å²) in [5.41, 5.74) is 0.0716. The maximum atomic E-state index is 12.1. The standard InChI is InChI=1S/C25H43NO6S/c1-15(4-9-23(29)26-14-33(30,31)32)19-7-8-20-18-6-5-16-12-17(27)10-11-24(16,2)21(18)13-22(28)25(19,20)3/h15-22,27-28H,4-14H2,1-3H3,(H,26,29)(H,30,31,32). The lowest BCUT2D eigenvalue weighted by Crippen LogP contribution is -2.58. The smallest absolute Gasteiger partial charge is 0.283 e. The van der Waals surface area contributed by atoms with Crippen molar-refractivity contribution in [3.8, 4) is 0 Å². The minimum absolute atomic E-state index is 0.150. The second kappa shape index (κ2) is 9.07. The Kier molecular flexibility index (Phi) is 6.98. The maximum Gasteiger partial charge on any atom is 0.283 e. The third-order valence-electron chi connectivity index (χ3n) is 10.8. The molecule has 0 aromatic carbocycles. The van der Waals surface area contributed by atoms with Gasteiger partial charge in [-0.15, -0.1) is 0 Å². The molecule has 7 nitrogen and oxygen atoms in total. The fourth-order valence-corrected chi connectivity index (χ4v) is 9.32. The van der Waals surface area contributed by atoms with Crippen LogP contribution in [-0.4, -0.2) is 47.2 Å². The SMILES string of the molecule is CC(CCC(=O)NCS(=O)(=O)O)C1CCC2C3CCC4CC(O)CCC4(C)C3CC(O)C12C. The first-order valence-corrected chi connectivity index (χ1v) is 14.5. The lowest BCUT2D eigenvalue weighted by Gasteiger charge is -2.62. The van der Waals surface area contributed by atoms with E-state index in [1.165, 1.54) is 12.8 Å². The van der Waals surface area contributed by atoms with E-state index in [0.717, 1.165) is 38.5 Å². The van der Waals surface area contributed by atoms with E-state index in [0.29, 0.717) is 36.0 Å². The van der Waals surface area contributed by atoms with Gasteiger partial charge in [0.15, 0.2) is 0 Å². The number of rotatable bonds is 6. The van der Waals surface area contributed by atoms with Crippen LogP contribution in [0.3, 0.4) is 0 Å². The molecule has 4 N–H and O–H groups in total. The van der Waals surface area contributed by atoms with Crippen molar-refractivity contribution < 1.29 is 28.0 Å². The van der Waals surface area contributed by atoms with Crippen LogP contribution in [0.25, 0.3) is 0 Å². The molecule has 4 saturated carbocycles. The molecule has 4 rings (SSSR count). The molecule has 0 aromatic rings. The van der Waals surface area contributed by atoms with Crippen molar-refractivity contribution in [3.05, 3.63) is 0 Å². The number of aliphatic hydroxyl groups is 2. The molecule has 0 saturated heterocycles. The van der Waals surface area contributed by atoms with E-state index >= 15 is 0 Å². The molecule has 0 aromatic heterocycles. The van der Waals surface area contributed by atoms with Gasteiger partial charge in [0.25, 0.3) is 10.1 Å². The molecule has 33 heavy (non-hydrogen) atoms. The minimum Gasteiger partial charge on any atom is -0.393 e. The zero-order valence-corrected chi connectivity index (χ0v) is 21.2. The van der Waals surface area contributed by atoms with E-state index in [9.17, 15) is 23.4 Å². The van der Waals surface area contributed by atoms with Crippen molar-refractivity contribution >= 4 is 16.0 Å². The predicted octanol–water partition coefficient (Wildman–Crippen LogP) is 3.35. The zero-order chi connectivity index (χ0) is 24.2. The summed E-state index contributed by atoms with van der Waals surface area (Å²) in [6, 6.07) is 0. The summed E-state index contributed by atoms with van der Waals surface area (Å²) < 4.78 is 30.5. The van der Waals surface area contributed by atoms with E-state index in [-0.39, 0.29) is 41.3 Å². The first kappa shape index (κ1) is 25.4. The fraction of sp³-hybridized carbons (Fsp3) is 0.960. The molecule has 190 valence electrons. The van der Waals surface area contributed by atoms with Crippen LogP contribution in [0.2, 0.25) is 0 Å². The summed E-state index contributed by atoms with van der Waals surface area (Å²) in [4.78, 5) is 12.1. The van der Waals surface area contributed by atoms with Gasteiger partial charge in [0.1, 0.15) is 5.88 Å². The Hall–Kier alpha value is -0.700. The first-order valence-electron chi connectivity index (χ1n) is 12.9. The lowest BCUT2D eigenvalue weighted by atomic mass is 9.43. The summed E-state index contributed by atoms with van der Waals surface area (Å²) in [6.45, 7) is 6.87. The first-order chi connectivity index (χ1) is 15.4. The topological polar surface area (TPSA) is 124 Å². The quantitative estimate of drug-likeness (QED) is 0.428. The molecule has 0 heterocycles. The van der Waals surface area contributed by atoms with Gasteiger partial charge in [-0.3, -0.25) is 9.35 Å². The van der Waals surface area contributed by atoms with Crippen LogP contribution in [0, 0.1) is 46.3 Å². The van der Waals surface area contributed by atoms with Gasteiger partial charge >= 0.3 is 0 Å². The van der Waals surface area contributed by atoms with Crippen molar-refractivity contribution in [1.29, 1.82) is 0 Å². The van der Waals surface area contributed by atoms with Crippen molar-refractivity contribution in [3.63, 3.8) is 0 Å². The number of nitrogens with one attached hydrogen (secondary N) is 1. The Morgan fingerprint density at radius 2 is 1.79 bits per heavy atom. The molecular formula is C25H43NO6S. The van der Waals surface area contributed by atoms with Gasteiger partial charge in [-0.1, -0.05) is 20.8 Å². The van der Waals surface area contributed by atoms with Gasteiger partial charge in [-0.25, -0.2) is 0 Å². The Morgan fingerprint density at radius 3 is 2.48 bits per heavy atom. The molecular weight excluding hydrogens is 442 g/mol. The largest absolute Gasteiger partial charge is 0.393 e. The third-order valence-corrected chi connectivity index (χ3v) is 11.3. The summed E-state index contributed by atoms with van der Waals surface area (Å²) in [7, 11) is -4.21. The van der Waals surface area contributed by atoms with E-state index in [4.69, 9.17) is 4.55 Å². The van der Waals surface area contributed by atoms with Crippen LogP contribution in [-0.2, 0) is 14.9 Å². The highest BCUT2D eigenvalue weighted by molar-refractivity contribution is 7.85. The highest BCUT2D eigenvalue weighted by Crippen LogP contribution is 2.68. The summed E-state index contributed by atoms with van der Waals surface area (Å²) in [6.07, 6.45) is 8.63. The number of carbonyl (C=O) groups is 1. The van der Waals surface area contributed by atoms with Crippen LogP contribution in [0.15, 0.2) is 0 Å². The summed E-state index contributed by atoms with van der Waals surface area (Å²) in [5, 5.41) is 24.1. The number of amides is 1. The molecule has 10 atom stereocenters. The van der Waals surface area contributed by atoms with Gasteiger partial charge < -0.3 is 15.5 Å². The molecule has 4 aliphatic rings. The van der Waals surface area contributed by atoms with Gasteiger partial charge in [0.05, 0.1) is 12.2 Å². The van der Waals surface area contributed by atoms with Crippen LogP contribution < -0.4 is 5.32 Å². The van der Waals surface area contributed by atoms with Gasteiger partial charge in [0, 0.05) is 6.42 Å². The third kappa shape index (κ3) is 4.62. The molecule has 8 heteroatoms. The van der Waals surface area contributed by atoms with Crippen LogP contribution >= 0.6 is 0 Å². The number of hydrogen-bond donors (Lipinski definition) is 4. The predicted molar refractivity (Wildman–Crippen MR) is 126 cm³/mol. The number of hydrogen-bond acceptors (Lipinski definition) is 5. The van der Waals surface area contributed by atoms with Gasteiger partial charge in [0.2, 0.25) is 5.91 Å². The number of fused-ring (bicyclic) bond motifs is 5. The molecule has 0 radical (unpaired) electrons. The highest BCUT2D eigenvalue weighted by atomic mass is 32.2. The Bertz CT molecular complexity index is 848. The van der Waals surface area contributed by atoms with Crippen molar-refractivity contribution in [2.75, 3.05) is 5.88 Å². The van der Waals surface area contributed by atoms with Gasteiger partial charge in [-0.05, 0) is 104 Å². The molecule has 1 amide bonds. The van der Waals surface area contributed by atoms with Crippen molar-refractivity contribution in [1.82, 2.24) is 5.32 Å². The molecule has 4 aliphatic carbocycles. The van der Waals surface area contributed by atoms with E-state index in [2.05, 4.69) is 26.1 Å². The number of aliphatic hydroxyl groups excluding tert-OH is 2. The second-order valence-corrected chi connectivity index (χ2v) is 13.7. The van der Waals surface area contributed by atoms with E-state index < -0.39 is 16.0 Å². The summed E-state index contributed by atoms with van der Waals surface area (Å²) in [5.74, 6) is 1.69. The Labute approximate surface area is 198 Å². The summed E-state index contributed by atoms with van der Waals surface area (Å²) >= 11 is 0. The molecule has 4 fully saturated rings. The fourth-order valence-electron chi connectivity index (χ4n) is 8.98. The molecule has 0 spiro atoms. The van der Waals surface area contributed by atoms with Crippen LogP contribution in [0.5, 0.6) is 0 Å². The molecule has 10 unspecified atom stereocenters.